The molecule has 0 saturated heterocycles. The molecule has 0 aliphatic carbocycles. The number of amides is 1. The molecule has 2 aromatic carbocycles. The Hall–Kier alpha value is -3.10. The Morgan fingerprint density at radius 3 is 2.58 bits per heavy atom. The molecule has 0 spiro atoms. The molecule has 33 heavy (non-hydrogen) atoms. The summed E-state index contributed by atoms with van der Waals surface area (Å²) in [5, 5.41) is 11.5. The number of rotatable bonds is 8. The number of hydrogen-bond acceptors (Lipinski definition) is 6. The van der Waals surface area contributed by atoms with Gasteiger partial charge < -0.3 is 24.1 Å². The Kier molecular flexibility index (Phi) is 6.58. The highest BCUT2D eigenvalue weighted by Gasteiger charge is 2.44. The molecule has 1 amide bonds. The topological polar surface area (TPSA) is 83.2 Å². The fourth-order valence-electron chi connectivity index (χ4n) is 3.94. The van der Waals surface area contributed by atoms with Gasteiger partial charge in [-0.3, -0.25) is 9.59 Å². The number of benzene rings is 2. The maximum atomic E-state index is 13.6. The highest BCUT2D eigenvalue weighted by atomic mass is 79.9. The minimum Gasteiger partial charge on any atom is -0.503 e. The van der Waals surface area contributed by atoms with E-state index in [9.17, 15) is 14.7 Å². The molecular formula is C25H25BrN2O5. The predicted octanol–water partition coefficient (Wildman–Crippen LogP) is 4.73. The Bertz CT molecular complexity index is 1230. The lowest BCUT2D eigenvalue weighted by molar-refractivity contribution is -0.129. The van der Waals surface area contributed by atoms with Crippen LogP contribution in [0.1, 0.15) is 29.1 Å². The summed E-state index contributed by atoms with van der Waals surface area (Å²) in [6, 6.07) is 13.5. The zero-order valence-electron chi connectivity index (χ0n) is 18.7. The molecule has 1 N–H and O–H groups in total. The van der Waals surface area contributed by atoms with Gasteiger partial charge in [0.05, 0.1) is 18.2 Å². The van der Waals surface area contributed by atoms with Crippen LogP contribution in [0.15, 0.2) is 68.8 Å². The summed E-state index contributed by atoms with van der Waals surface area (Å²) in [5.41, 5.74) is 1.27. The molecule has 8 heteroatoms. The van der Waals surface area contributed by atoms with Gasteiger partial charge in [-0.2, -0.15) is 0 Å². The van der Waals surface area contributed by atoms with E-state index in [0.29, 0.717) is 36.6 Å². The number of Topliss-reactive ketones (excluding diaryl/α,β-unsaturated/α-hetero) is 1. The Morgan fingerprint density at radius 1 is 1.18 bits per heavy atom. The van der Waals surface area contributed by atoms with Crippen LogP contribution >= 0.6 is 15.9 Å². The first-order valence-electron chi connectivity index (χ1n) is 10.7. The van der Waals surface area contributed by atoms with E-state index in [1.54, 1.807) is 24.3 Å². The van der Waals surface area contributed by atoms with Crippen LogP contribution in [0.4, 0.5) is 0 Å². The minimum atomic E-state index is -0.736. The summed E-state index contributed by atoms with van der Waals surface area (Å²) in [6.07, 6.45) is 0. The standard InChI is InChI=1S/C25H25BrN2O5/c1-4-32-18-8-5-15(6-9-18)22-21(24(30)25(31)28(22)12-11-27(2)3)23(29)20-14-16-13-17(26)7-10-19(16)33-20/h5-10,13-14,22,30H,4,11-12H2,1-3H3. The fraction of sp³-hybridized carbons (Fsp3) is 0.280. The average Bonchev–Trinajstić information content (AvgIpc) is 3.31. The molecule has 172 valence electrons. The summed E-state index contributed by atoms with van der Waals surface area (Å²) in [6.45, 7) is 3.35. The maximum absolute atomic E-state index is 13.6. The third kappa shape index (κ3) is 4.54. The van der Waals surface area contributed by atoms with Gasteiger partial charge in [-0.1, -0.05) is 28.1 Å². The Morgan fingerprint density at radius 2 is 1.91 bits per heavy atom. The number of carbonyl (C=O) groups is 2. The van der Waals surface area contributed by atoms with Gasteiger partial charge in [0, 0.05) is 22.9 Å². The summed E-state index contributed by atoms with van der Waals surface area (Å²) in [4.78, 5) is 30.0. The van der Waals surface area contributed by atoms with Crippen molar-refractivity contribution < 1.29 is 23.8 Å². The first-order valence-corrected chi connectivity index (χ1v) is 11.4. The largest absolute Gasteiger partial charge is 0.503 e. The molecule has 1 unspecified atom stereocenters. The van der Waals surface area contributed by atoms with E-state index in [2.05, 4.69) is 15.9 Å². The van der Waals surface area contributed by atoms with Crippen LogP contribution in [0.5, 0.6) is 5.75 Å². The predicted molar refractivity (Wildman–Crippen MR) is 129 cm³/mol. The number of aliphatic hydroxyl groups excluding tert-OH is 1. The monoisotopic (exact) mass is 512 g/mol. The van der Waals surface area contributed by atoms with Gasteiger partial charge in [0.2, 0.25) is 5.78 Å². The van der Waals surface area contributed by atoms with Crippen molar-refractivity contribution in [3.8, 4) is 5.75 Å². The van der Waals surface area contributed by atoms with Crippen LogP contribution in [-0.2, 0) is 4.79 Å². The van der Waals surface area contributed by atoms with Gasteiger partial charge in [-0.05, 0) is 63.0 Å². The zero-order valence-corrected chi connectivity index (χ0v) is 20.3. The van der Waals surface area contributed by atoms with Crippen LogP contribution < -0.4 is 4.74 Å². The second-order valence-electron chi connectivity index (χ2n) is 8.09. The van der Waals surface area contributed by atoms with Crippen LogP contribution in [0, 0.1) is 0 Å². The molecule has 0 radical (unpaired) electrons. The van der Waals surface area contributed by atoms with Gasteiger partial charge >= 0.3 is 0 Å². The molecule has 0 bridgehead atoms. The third-order valence-electron chi connectivity index (χ3n) is 5.55. The Balaban J connectivity index is 1.76. The van der Waals surface area contributed by atoms with Crippen LogP contribution in [0.25, 0.3) is 11.0 Å². The molecule has 4 rings (SSSR count). The van der Waals surface area contributed by atoms with Crippen LogP contribution in [0.2, 0.25) is 0 Å². The van der Waals surface area contributed by atoms with Crippen molar-refractivity contribution in [2.24, 2.45) is 0 Å². The maximum Gasteiger partial charge on any atom is 0.290 e. The number of ether oxygens (including phenoxy) is 1. The molecule has 1 aliphatic heterocycles. The lowest BCUT2D eigenvalue weighted by Crippen LogP contribution is -2.36. The number of furan rings is 1. The summed E-state index contributed by atoms with van der Waals surface area (Å²) in [5.74, 6) is -0.867. The van der Waals surface area contributed by atoms with E-state index in [4.69, 9.17) is 9.15 Å². The molecule has 1 aromatic heterocycles. The number of ketones is 1. The van der Waals surface area contributed by atoms with Crippen molar-refractivity contribution in [1.29, 1.82) is 0 Å². The quantitative estimate of drug-likeness (QED) is 0.439. The van der Waals surface area contributed by atoms with Crippen molar-refractivity contribution in [2.45, 2.75) is 13.0 Å². The van der Waals surface area contributed by atoms with Gasteiger partial charge in [0.1, 0.15) is 11.3 Å². The summed E-state index contributed by atoms with van der Waals surface area (Å²) >= 11 is 3.41. The van der Waals surface area contributed by atoms with Crippen molar-refractivity contribution in [1.82, 2.24) is 9.80 Å². The molecule has 3 aromatic rings. The summed E-state index contributed by atoms with van der Waals surface area (Å²) in [7, 11) is 3.80. The van der Waals surface area contributed by atoms with E-state index in [1.807, 2.05) is 50.2 Å². The zero-order chi connectivity index (χ0) is 23.7. The first-order chi connectivity index (χ1) is 15.8. The normalized spacial score (nSPS) is 16.3. The molecule has 0 saturated carbocycles. The van der Waals surface area contributed by atoms with E-state index in [0.717, 1.165) is 9.86 Å². The molecule has 1 atom stereocenters. The molecule has 7 nitrogen and oxygen atoms in total. The van der Waals surface area contributed by atoms with Crippen LogP contribution in [0.3, 0.4) is 0 Å². The van der Waals surface area contributed by atoms with E-state index >= 15 is 0 Å². The van der Waals surface area contributed by atoms with E-state index < -0.39 is 23.5 Å². The highest BCUT2D eigenvalue weighted by molar-refractivity contribution is 9.10. The second-order valence-corrected chi connectivity index (χ2v) is 9.01. The average molecular weight is 513 g/mol. The van der Waals surface area contributed by atoms with Crippen LogP contribution in [-0.4, -0.2) is 60.4 Å². The third-order valence-corrected chi connectivity index (χ3v) is 6.04. The number of carbonyl (C=O) groups excluding carboxylic acids is 2. The second kappa shape index (κ2) is 9.41. The Labute approximate surface area is 200 Å². The lowest BCUT2D eigenvalue weighted by Gasteiger charge is -2.28. The molecule has 2 heterocycles. The summed E-state index contributed by atoms with van der Waals surface area (Å²) < 4.78 is 12.2. The minimum absolute atomic E-state index is 0.0148. The number of halogens is 1. The molecule has 1 aliphatic rings. The van der Waals surface area contributed by atoms with Gasteiger partial charge in [0.15, 0.2) is 11.5 Å². The highest BCUT2D eigenvalue weighted by Crippen LogP contribution is 2.40. The van der Waals surface area contributed by atoms with E-state index in [-0.39, 0.29) is 11.3 Å². The van der Waals surface area contributed by atoms with Gasteiger partial charge in [-0.15, -0.1) is 0 Å². The number of likely N-dealkylation sites (N-methyl/N-ethyl adjacent to an activating group) is 1. The van der Waals surface area contributed by atoms with Crippen molar-refractivity contribution in [3.63, 3.8) is 0 Å². The SMILES string of the molecule is CCOc1ccc(C2C(C(=O)c3cc4cc(Br)ccc4o3)=C(O)C(=O)N2CCN(C)C)cc1. The number of aliphatic hydroxyl groups is 1. The first kappa shape index (κ1) is 23.1. The number of nitrogens with zero attached hydrogens (tertiary/aromatic N) is 2. The molecule has 0 fully saturated rings. The van der Waals surface area contributed by atoms with Crippen molar-refractivity contribution in [3.05, 3.63) is 75.7 Å². The fourth-order valence-corrected chi connectivity index (χ4v) is 4.32. The number of fused-ring (bicyclic) bond motifs is 1. The molecular weight excluding hydrogens is 488 g/mol. The lowest BCUT2D eigenvalue weighted by atomic mass is 9.95. The van der Waals surface area contributed by atoms with Gasteiger partial charge in [0.25, 0.3) is 5.91 Å². The number of hydrogen-bond donors (Lipinski definition) is 1. The van der Waals surface area contributed by atoms with E-state index in [1.165, 1.54) is 4.90 Å². The van der Waals surface area contributed by atoms with Crippen molar-refractivity contribution in [2.75, 3.05) is 33.8 Å². The van der Waals surface area contributed by atoms with Crippen molar-refractivity contribution >= 4 is 38.6 Å². The smallest absolute Gasteiger partial charge is 0.290 e. The van der Waals surface area contributed by atoms with Gasteiger partial charge in [-0.25, -0.2) is 0 Å².